The average molecular weight is 498 g/mol. The van der Waals surface area contributed by atoms with Gasteiger partial charge in [0.05, 0.1) is 22.5 Å². The summed E-state index contributed by atoms with van der Waals surface area (Å²) in [6, 6.07) is 8.72. The Morgan fingerprint density at radius 1 is 0.917 bits per heavy atom. The van der Waals surface area contributed by atoms with E-state index >= 15 is 0 Å². The Hall–Kier alpha value is -4.74. The predicted octanol–water partition coefficient (Wildman–Crippen LogP) is 5.10. The molecule has 8 nitrogen and oxygen atoms in total. The highest BCUT2D eigenvalue weighted by atomic mass is 19.4. The zero-order chi connectivity index (χ0) is 25.9. The molecule has 0 fully saturated rings. The van der Waals surface area contributed by atoms with Crippen molar-refractivity contribution in [3.05, 3.63) is 90.3 Å². The zero-order valence-electron chi connectivity index (χ0n) is 18.6. The van der Waals surface area contributed by atoms with Gasteiger partial charge < -0.3 is 16.0 Å². The fourth-order valence-corrected chi connectivity index (χ4v) is 3.41. The van der Waals surface area contributed by atoms with Crippen molar-refractivity contribution in [1.29, 1.82) is 0 Å². The SMILES string of the molecule is CNC(=O)c1cc(-n2ccnc2-c2ccncc2)ccc1NC(=O)Nc1cc(C(F)(F)F)ccc1F. The molecule has 2 aromatic carbocycles. The number of rotatable bonds is 5. The third kappa shape index (κ3) is 5.17. The molecule has 0 radical (unpaired) electrons. The molecular weight excluding hydrogens is 480 g/mol. The molecule has 0 aliphatic heterocycles. The first-order chi connectivity index (χ1) is 17.2. The summed E-state index contributed by atoms with van der Waals surface area (Å²) in [5.74, 6) is -1.01. The number of pyridine rings is 1. The van der Waals surface area contributed by atoms with Crippen LogP contribution in [-0.2, 0) is 6.18 Å². The number of alkyl halides is 3. The van der Waals surface area contributed by atoms with Gasteiger partial charge in [0, 0.05) is 43.1 Å². The van der Waals surface area contributed by atoms with Crippen LogP contribution in [0.3, 0.4) is 0 Å². The van der Waals surface area contributed by atoms with E-state index in [9.17, 15) is 27.2 Å². The van der Waals surface area contributed by atoms with Crippen molar-refractivity contribution < 1.29 is 27.2 Å². The number of anilines is 2. The monoisotopic (exact) mass is 498 g/mol. The third-order valence-corrected chi connectivity index (χ3v) is 5.12. The van der Waals surface area contributed by atoms with Crippen molar-refractivity contribution >= 4 is 23.3 Å². The molecule has 0 atom stereocenters. The highest BCUT2D eigenvalue weighted by Crippen LogP contribution is 2.32. The number of nitrogens with zero attached hydrogens (tertiary/aromatic N) is 3. The molecule has 2 aromatic heterocycles. The molecule has 3 amide bonds. The van der Waals surface area contributed by atoms with Gasteiger partial charge >= 0.3 is 12.2 Å². The van der Waals surface area contributed by atoms with Gasteiger partial charge in [0.15, 0.2) is 0 Å². The van der Waals surface area contributed by atoms with Gasteiger partial charge in [0.25, 0.3) is 5.91 Å². The van der Waals surface area contributed by atoms with Gasteiger partial charge in [-0.2, -0.15) is 13.2 Å². The Labute approximate surface area is 202 Å². The Morgan fingerprint density at radius 3 is 2.33 bits per heavy atom. The second kappa shape index (κ2) is 9.86. The second-order valence-corrected chi connectivity index (χ2v) is 7.44. The number of urea groups is 1. The van der Waals surface area contributed by atoms with Crippen molar-refractivity contribution in [2.24, 2.45) is 0 Å². The molecule has 0 saturated heterocycles. The largest absolute Gasteiger partial charge is 0.416 e. The van der Waals surface area contributed by atoms with Crippen molar-refractivity contribution in [3.8, 4) is 17.1 Å². The standard InChI is InChI=1S/C24H18F4N6O2/c1-29-22(35)17-13-16(34-11-10-31-21(34)14-6-8-30-9-7-14)3-5-19(17)32-23(36)33-20-12-15(24(26,27)28)2-4-18(20)25/h2-13H,1H3,(H,29,35)(H2,32,33,36). The van der Waals surface area contributed by atoms with Gasteiger partial charge in [-0.05, 0) is 48.5 Å². The maximum absolute atomic E-state index is 14.0. The lowest BCUT2D eigenvalue weighted by Crippen LogP contribution is -2.25. The highest BCUT2D eigenvalue weighted by molar-refractivity contribution is 6.07. The third-order valence-electron chi connectivity index (χ3n) is 5.12. The smallest absolute Gasteiger partial charge is 0.355 e. The molecule has 4 rings (SSSR count). The maximum atomic E-state index is 14.0. The van der Waals surface area contributed by atoms with Gasteiger partial charge in [-0.25, -0.2) is 14.2 Å². The Morgan fingerprint density at radius 2 is 1.64 bits per heavy atom. The Kier molecular flexibility index (Phi) is 6.68. The molecular formula is C24H18F4N6O2. The van der Waals surface area contributed by atoms with Crippen LogP contribution in [0.5, 0.6) is 0 Å². The van der Waals surface area contributed by atoms with E-state index in [-0.39, 0.29) is 11.3 Å². The fraction of sp³-hybridized carbons (Fsp3) is 0.0833. The Balaban J connectivity index is 1.63. The molecule has 2 heterocycles. The minimum absolute atomic E-state index is 0.0496. The van der Waals surface area contributed by atoms with Crippen molar-refractivity contribution in [1.82, 2.24) is 19.9 Å². The number of benzene rings is 2. The summed E-state index contributed by atoms with van der Waals surface area (Å²) in [7, 11) is 1.40. The van der Waals surface area contributed by atoms with E-state index in [2.05, 4.69) is 25.9 Å². The highest BCUT2D eigenvalue weighted by Gasteiger charge is 2.31. The summed E-state index contributed by atoms with van der Waals surface area (Å²) in [6.45, 7) is 0. The molecule has 36 heavy (non-hydrogen) atoms. The molecule has 0 unspecified atom stereocenters. The van der Waals surface area contributed by atoms with Crippen molar-refractivity contribution in [2.45, 2.75) is 6.18 Å². The summed E-state index contributed by atoms with van der Waals surface area (Å²) < 4.78 is 54.6. The summed E-state index contributed by atoms with van der Waals surface area (Å²) in [5, 5.41) is 6.90. The van der Waals surface area contributed by atoms with E-state index in [1.54, 1.807) is 47.6 Å². The van der Waals surface area contributed by atoms with Crippen LogP contribution < -0.4 is 16.0 Å². The molecule has 4 aromatic rings. The second-order valence-electron chi connectivity index (χ2n) is 7.44. The van der Waals surface area contributed by atoms with E-state index in [1.807, 2.05) is 0 Å². The number of carbonyl (C=O) groups excluding carboxylic acids is 2. The lowest BCUT2D eigenvalue weighted by atomic mass is 10.1. The number of imidazole rings is 1. The summed E-state index contributed by atoms with van der Waals surface area (Å²) in [4.78, 5) is 33.4. The first-order valence-electron chi connectivity index (χ1n) is 10.4. The number of hydrogen-bond acceptors (Lipinski definition) is 4. The molecule has 0 saturated carbocycles. The number of amides is 3. The van der Waals surface area contributed by atoms with Gasteiger partial charge in [0.1, 0.15) is 11.6 Å². The van der Waals surface area contributed by atoms with Gasteiger partial charge in [-0.15, -0.1) is 0 Å². The normalized spacial score (nSPS) is 11.1. The number of nitrogens with one attached hydrogen (secondary N) is 3. The maximum Gasteiger partial charge on any atom is 0.416 e. The minimum Gasteiger partial charge on any atom is -0.355 e. The topological polar surface area (TPSA) is 101 Å². The van der Waals surface area contributed by atoms with E-state index in [4.69, 9.17) is 0 Å². The summed E-state index contributed by atoms with van der Waals surface area (Å²) in [5.41, 5.74) is -0.354. The van der Waals surface area contributed by atoms with Crippen molar-refractivity contribution in [2.75, 3.05) is 17.7 Å². The first kappa shape index (κ1) is 24.4. The molecule has 0 aliphatic carbocycles. The van der Waals surface area contributed by atoms with E-state index in [0.29, 0.717) is 29.7 Å². The van der Waals surface area contributed by atoms with Crippen LogP contribution >= 0.6 is 0 Å². The number of carbonyl (C=O) groups is 2. The quantitative estimate of drug-likeness (QED) is 0.334. The van der Waals surface area contributed by atoms with Gasteiger partial charge in [-0.1, -0.05) is 0 Å². The molecule has 0 spiro atoms. The van der Waals surface area contributed by atoms with Crippen LogP contribution in [0.1, 0.15) is 15.9 Å². The summed E-state index contributed by atoms with van der Waals surface area (Å²) in [6.07, 6.45) is 1.78. The fourth-order valence-electron chi connectivity index (χ4n) is 3.41. The predicted molar refractivity (Wildman–Crippen MR) is 124 cm³/mol. The first-order valence-corrected chi connectivity index (χ1v) is 10.4. The van der Waals surface area contributed by atoms with Crippen LogP contribution in [-0.4, -0.2) is 33.5 Å². The van der Waals surface area contributed by atoms with Gasteiger partial charge in [-0.3, -0.25) is 14.3 Å². The molecule has 0 bridgehead atoms. The molecule has 184 valence electrons. The number of hydrogen-bond donors (Lipinski definition) is 3. The van der Waals surface area contributed by atoms with E-state index in [1.165, 1.54) is 19.2 Å². The molecule has 3 N–H and O–H groups in total. The van der Waals surface area contributed by atoms with Crippen LogP contribution in [0.2, 0.25) is 0 Å². The van der Waals surface area contributed by atoms with E-state index < -0.39 is 35.2 Å². The van der Waals surface area contributed by atoms with Crippen LogP contribution in [0, 0.1) is 5.82 Å². The summed E-state index contributed by atoms with van der Waals surface area (Å²) >= 11 is 0. The lowest BCUT2D eigenvalue weighted by Gasteiger charge is -2.15. The van der Waals surface area contributed by atoms with Crippen LogP contribution in [0.25, 0.3) is 17.1 Å². The lowest BCUT2D eigenvalue weighted by molar-refractivity contribution is -0.137. The van der Waals surface area contributed by atoms with Crippen LogP contribution in [0.4, 0.5) is 33.7 Å². The average Bonchev–Trinajstić information content (AvgIpc) is 3.35. The van der Waals surface area contributed by atoms with E-state index in [0.717, 1.165) is 5.56 Å². The number of aromatic nitrogens is 3. The molecule has 12 heteroatoms. The van der Waals surface area contributed by atoms with Crippen LogP contribution in [0.15, 0.2) is 73.3 Å². The minimum atomic E-state index is -4.72. The Bertz CT molecular complexity index is 1420. The molecule has 0 aliphatic rings. The zero-order valence-corrected chi connectivity index (χ0v) is 18.6. The van der Waals surface area contributed by atoms with Gasteiger partial charge in [0.2, 0.25) is 0 Å². The number of halogens is 4. The van der Waals surface area contributed by atoms with Crippen molar-refractivity contribution in [3.63, 3.8) is 0 Å².